The topological polar surface area (TPSA) is 18.5 Å². The molecule has 0 saturated heterocycles. The van der Waals surface area contributed by atoms with Gasteiger partial charge in [-0.05, 0) is 37.0 Å². The Balaban J connectivity index is 4.81. The molecule has 152 valence electrons. The number of hydrogen-bond acceptors (Lipinski definition) is 2. The zero-order chi connectivity index (χ0) is 19.8. The predicted molar refractivity (Wildman–Crippen MR) is 98.1 cm³/mol. The van der Waals surface area contributed by atoms with Gasteiger partial charge >= 0.3 is 0 Å². The highest BCUT2D eigenvalue weighted by Gasteiger charge is 2.41. The summed E-state index contributed by atoms with van der Waals surface area (Å²) in [6.07, 6.45) is 3.05. The van der Waals surface area contributed by atoms with Crippen LogP contribution in [0.15, 0.2) is 0 Å². The van der Waals surface area contributed by atoms with E-state index in [2.05, 4.69) is 25.5 Å². The van der Waals surface area contributed by atoms with Crippen LogP contribution < -0.4 is 0 Å². The zero-order valence-corrected chi connectivity index (χ0v) is 17.3. The molecule has 1 unspecified atom stereocenters. The highest BCUT2D eigenvalue weighted by Crippen LogP contribution is 2.40. The Morgan fingerprint density at radius 1 is 0.720 bits per heavy atom. The second-order valence-corrected chi connectivity index (χ2v) is 8.27. The van der Waals surface area contributed by atoms with E-state index < -0.39 is 23.6 Å². The number of halogens is 3. The van der Waals surface area contributed by atoms with E-state index in [-0.39, 0.29) is 25.0 Å². The number of hydrogen-bond donors (Lipinski definition) is 0. The van der Waals surface area contributed by atoms with Gasteiger partial charge in [0.2, 0.25) is 0 Å². The molecule has 0 amide bonds. The van der Waals surface area contributed by atoms with Gasteiger partial charge in [0.25, 0.3) is 5.92 Å². The average Bonchev–Trinajstić information content (AvgIpc) is 2.52. The van der Waals surface area contributed by atoms with Gasteiger partial charge in [-0.25, -0.2) is 13.2 Å². The third-order valence-electron chi connectivity index (χ3n) is 5.80. The van der Waals surface area contributed by atoms with Crippen LogP contribution in [0.25, 0.3) is 0 Å². The van der Waals surface area contributed by atoms with Crippen LogP contribution in [0.2, 0.25) is 0 Å². The van der Waals surface area contributed by atoms with Crippen LogP contribution >= 0.6 is 0 Å². The summed E-state index contributed by atoms with van der Waals surface area (Å²) in [6, 6.07) is 0. The van der Waals surface area contributed by atoms with Gasteiger partial charge in [0.05, 0.1) is 13.2 Å². The molecule has 0 heterocycles. The van der Waals surface area contributed by atoms with Crippen molar-refractivity contribution in [1.29, 1.82) is 0 Å². The average molecular weight is 369 g/mol. The van der Waals surface area contributed by atoms with E-state index in [1.165, 1.54) is 7.11 Å². The molecule has 0 bridgehead atoms. The van der Waals surface area contributed by atoms with Crippen LogP contribution in [0.4, 0.5) is 13.2 Å². The molecule has 0 aliphatic carbocycles. The van der Waals surface area contributed by atoms with Crippen molar-refractivity contribution in [2.24, 2.45) is 10.8 Å². The largest absolute Gasteiger partial charge is 0.378 e. The summed E-state index contributed by atoms with van der Waals surface area (Å²) in [4.78, 5) is 0. The first-order valence-electron chi connectivity index (χ1n) is 9.56. The standard InChI is InChI=1S/C20H39F3O2/c1-8-17(5,9-2)12-18(6,21)14-25-15-19(10-3,11-4)13-20(22,23)16-24-7/h8-16H2,1-7H3. The molecule has 5 heteroatoms. The van der Waals surface area contributed by atoms with E-state index in [1.807, 2.05) is 13.8 Å². The SMILES string of the molecule is CCC(C)(CC)CC(C)(F)COCC(CC)(CC)CC(F)(F)COC. The van der Waals surface area contributed by atoms with E-state index in [0.29, 0.717) is 19.3 Å². The van der Waals surface area contributed by atoms with Gasteiger partial charge in [-0.3, -0.25) is 0 Å². The summed E-state index contributed by atoms with van der Waals surface area (Å²) in [5.74, 6) is -2.90. The van der Waals surface area contributed by atoms with E-state index in [0.717, 1.165) is 12.8 Å². The summed E-state index contributed by atoms with van der Waals surface area (Å²) in [5, 5.41) is 0. The van der Waals surface area contributed by atoms with Crippen molar-refractivity contribution in [2.75, 3.05) is 26.9 Å². The highest BCUT2D eigenvalue weighted by molar-refractivity contribution is 4.86. The zero-order valence-electron chi connectivity index (χ0n) is 17.3. The van der Waals surface area contributed by atoms with Crippen molar-refractivity contribution in [3.63, 3.8) is 0 Å². The number of rotatable bonds is 14. The van der Waals surface area contributed by atoms with Gasteiger partial charge in [-0.1, -0.05) is 47.5 Å². The number of methoxy groups -OCH3 is 1. The molecule has 0 radical (unpaired) electrons. The fraction of sp³-hybridized carbons (Fsp3) is 1.00. The fourth-order valence-corrected chi connectivity index (χ4v) is 3.49. The van der Waals surface area contributed by atoms with Gasteiger partial charge in [-0.2, -0.15) is 0 Å². The first-order valence-corrected chi connectivity index (χ1v) is 9.56. The van der Waals surface area contributed by atoms with E-state index in [1.54, 1.807) is 6.92 Å². The molecule has 25 heavy (non-hydrogen) atoms. The van der Waals surface area contributed by atoms with Crippen molar-refractivity contribution in [1.82, 2.24) is 0 Å². The summed E-state index contributed by atoms with van der Waals surface area (Å²) in [5.41, 5.74) is -2.18. The van der Waals surface area contributed by atoms with Crippen LogP contribution in [-0.2, 0) is 9.47 Å². The van der Waals surface area contributed by atoms with Crippen molar-refractivity contribution in [3.05, 3.63) is 0 Å². The molecule has 0 N–H and O–H groups in total. The Kier molecular flexibility index (Phi) is 10.0. The molecule has 0 aliphatic rings. The van der Waals surface area contributed by atoms with E-state index in [4.69, 9.17) is 4.74 Å². The Morgan fingerprint density at radius 2 is 1.24 bits per heavy atom. The van der Waals surface area contributed by atoms with Gasteiger partial charge in [-0.15, -0.1) is 0 Å². The van der Waals surface area contributed by atoms with Crippen molar-refractivity contribution < 1.29 is 22.6 Å². The lowest BCUT2D eigenvalue weighted by molar-refractivity contribution is -0.117. The van der Waals surface area contributed by atoms with Gasteiger partial charge in [0, 0.05) is 13.5 Å². The summed E-state index contributed by atoms with van der Waals surface area (Å²) in [6.45, 7) is 11.0. The first-order chi connectivity index (χ1) is 11.4. The minimum Gasteiger partial charge on any atom is -0.378 e. The summed E-state index contributed by atoms with van der Waals surface area (Å²) >= 11 is 0. The Morgan fingerprint density at radius 3 is 1.64 bits per heavy atom. The van der Waals surface area contributed by atoms with Gasteiger partial charge < -0.3 is 9.47 Å². The molecule has 0 rings (SSSR count). The molecule has 0 aromatic heterocycles. The fourth-order valence-electron chi connectivity index (χ4n) is 3.49. The molecule has 1 atom stereocenters. The molecule has 0 aromatic carbocycles. The molecule has 0 fully saturated rings. The summed E-state index contributed by atoms with van der Waals surface area (Å²) in [7, 11) is 1.27. The van der Waals surface area contributed by atoms with Crippen LogP contribution in [0.3, 0.4) is 0 Å². The minimum absolute atomic E-state index is 0.0554. The number of ether oxygens (including phenoxy) is 2. The maximum Gasteiger partial charge on any atom is 0.271 e. The van der Waals surface area contributed by atoms with Crippen molar-refractivity contribution in [3.8, 4) is 0 Å². The highest BCUT2D eigenvalue weighted by atomic mass is 19.3. The van der Waals surface area contributed by atoms with Crippen LogP contribution in [-0.4, -0.2) is 38.5 Å². The summed E-state index contributed by atoms with van der Waals surface area (Å²) < 4.78 is 53.2. The minimum atomic E-state index is -2.90. The quantitative estimate of drug-likeness (QED) is 0.352. The van der Waals surface area contributed by atoms with Crippen LogP contribution in [0.5, 0.6) is 0 Å². The molecule has 0 saturated carbocycles. The normalized spacial score (nSPS) is 16.1. The lowest BCUT2D eigenvalue weighted by Crippen LogP contribution is -2.39. The van der Waals surface area contributed by atoms with Gasteiger partial charge in [0.15, 0.2) is 0 Å². The lowest BCUT2D eigenvalue weighted by Gasteiger charge is -2.37. The first kappa shape index (κ1) is 24.7. The molecule has 2 nitrogen and oxygen atoms in total. The van der Waals surface area contributed by atoms with Crippen LogP contribution in [0.1, 0.15) is 80.1 Å². The molecule has 0 spiro atoms. The molecular weight excluding hydrogens is 329 g/mol. The van der Waals surface area contributed by atoms with Crippen LogP contribution in [0, 0.1) is 10.8 Å². The van der Waals surface area contributed by atoms with Crippen molar-refractivity contribution in [2.45, 2.75) is 91.7 Å². The molecular formula is C20H39F3O2. The molecule has 0 aliphatic heterocycles. The van der Waals surface area contributed by atoms with E-state index >= 15 is 0 Å². The monoisotopic (exact) mass is 368 g/mol. The smallest absolute Gasteiger partial charge is 0.271 e. The molecule has 0 aromatic rings. The lowest BCUT2D eigenvalue weighted by atomic mass is 9.76. The second kappa shape index (κ2) is 10.1. The van der Waals surface area contributed by atoms with Crippen molar-refractivity contribution >= 4 is 0 Å². The van der Waals surface area contributed by atoms with Gasteiger partial charge in [0.1, 0.15) is 12.3 Å². The van der Waals surface area contributed by atoms with E-state index in [9.17, 15) is 13.2 Å². The Labute approximate surface area is 152 Å². The Bertz CT molecular complexity index is 362. The maximum absolute atomic E-state index is 14.9. The predicted octanol–water partition coefficient (Wildman–Crippen LogP) is 6.43. The third kappa shape index (κ3) is 8.76. The third-order valence-corrected chi connectivity index (χ3v) is 5.80. The second-order valence-electron chi connectivity index (χ2n) is 8.27. The number of alkyl halides is 3. The maximum atomic E-state index is 14.9. The Hall–Kier alpha value is -0.290.